The minimum atomic E-state index is 0.571. The summed E-state index contributed by atoms with van der Waals surface area (Å²) >= 11 is 0. The fraction of sp³-hybridized carbons (Fsp3) is 0. The second kappa shape index (κ2) is 11.0. The number of benzene rings is 8. The predicted octanol–water partition coefficient (Wildman–Crippen LogP) is 11.9. The van der Waals surface area contributed by atoms with Crippen LogP contribution in [0.4, 0.5) is 0 Å². The third-order valence-corrected chi connectivity index (χ3v) is 9.53. The van der Waals surface area contributed by atoms with Crippen LogP contribution in [0, 0.1) is 0 Å². The summed E-state index contributed by atoms with van der Waals surface area (Å²) < 4.78 is 6.42. The van der Waals surface area contributed by atoms with E-state index in [0.717, 1.165) is 49.6 Å². The molecule has 49 heavy (non-hydrogen) atoms. The van der Waals surface area contributed by atoms with Gasteiger partial charge >= 0.3 is 0 Å². The molecule has 0 aliphatic heterocycles. The molecule has 0 atom stereocenters. The average molecular weight is 626 g/mol. The van der Waals surface area contributed by atoms with Crippen LogP contribution in [0.3, 0.4) is 0 Å². The van der Waals surface area contributed by atoms with Gasteiger partial charge in [-0.25, -0.2) is 15.0 Å². The first-order valence-corrected chi connectivity index (χ1v) is 16.4. The summed E-state index contributed by atoms with van der Waals surface area (Å²) in [6.45, 7) is 0. The van der Waals surface area contributed by atoms with E-state index in [2.05, 4.69) is 127 Å². The van der Waals surface area contributed by atoms with Gasteiger partial charge < -0.3 is 4.42 Å². The van der Waals surface area contributed by atoms with Gasteiger partial charge in [0, 0.05) is 21.9 Å². The molecule has 0 aliphatic carbocycles. The second-order valence-electron chi connectivity index (χ2n) is 12.4. The maximum absolute atomic E-state index is 6.42. The van der Waals surface area contributed by atoms with Crippen LogP contribution in [-0.4, -0.2) is 15.0 Å². The topological polar surface area (TPSA) is 51.8 Å². The van der Waals surface area contributed by atoms with Crippen LogP contribution in [-0.2, 0) is 0 Å². The Kier molecular flexibility index (Phi) is 6.15. The van der Waals surface area contributed by atoms with Crippen molar-refractivity contribution in [1.29, 1.82) is 0 Å². The van der Waals surface area contributed by atoms with Crippen molar-refractivity contribution >= 4 is 54.3 Å². The van der Waals surface area contributed by atoms with Crippen molar-refractivity contribution in [1.82, 2.24) is 15.0 Å². The lowest BCUT2D eigenvalue weighted by atomic mass is 9.96. The summed E-state index contributed by atoms with van der Waals surface area (Å²) in [5.74, 6) is 1.79. The van der Waals surface area contributed by atoms with E-state index >= 15 is 0 Å². The van der Waals surface area contributed by atoms with Crippen LogP contribution < -0.4 is 0 Å². The molecule has 228 valence electrons. The van der Waals surface area contributed by atoms with Crippen molar-refractivity contribution in [2.24, 2.45) is 0 Å². The zero-order valence-electron chi connectivity index (χ0n) is 26.3. The second-order valence-corrected chi connectivity index (χ2v) is 12.4. The normalized spacial score (nSPS) is 11.7. The number of para-hydroxylation sites is 2. The van der Waals surface area contributed by atoms with Gasteiger partial charge in [-0.15, -0.1) is 0 Å². The van der Waals surface area contributed by atoms with Crippen molar-refractivity contribution in [3.63, 3.8) is 0 Å². The van der Waals surface area contributed by atoms with Crippen molar-refractivity contribution in [2.45, 2.75) is 0 Å². The maximum atomic E-state index is 6.42. The highest BCUT2D eigenvalue weighted by atomic mass is 16.3. The van der Waals surface area contributed by atoms with Crippen molar-refractivity contribution in [2.75, 3.05) is 0 Å². The third kappa shape index (κ3) is 4.57. The smallest absolute Gasteiger partial charge is 0.167 e. The number of fused-ring (bicyclic) bond motifs is 8. The van der Waals surface area contributed by atoms with Gasteiger partial charge in [0.1, 0.15) is 11.2 Å². The summed E-state index contributed by atoms with van der Waals surface area (Å²) in [5, 5.41) is 9.42. The van der Waals surface area contributed by atoms with Crippen LogP contribution in [0.2, 0.25) is 0 Å². The molecule has 0 amide bonds. The highest BCUT2D eigenvalue weighted by Crippen LogP contribution is 2.37. The number of furan rings is 1. The van der Waals surface area contributed by atoms with Crippen molar-refractivity contribution < 1.29 is 4.42 Å². The molecule has 4 heteroatoms. The average Bonchev–Trinajstić information content (AvgIpc) is 3.57. The quantitative estimate of drug-likeness (QED) is 0.183. The summed E-state index contributed by atoms with van der Waals surface area (Å²) in [6, 6.07) is 57.0. The van der Waals surface area contributed by atoms with E-state index in [1.165, 1.54) is 32.5 Å². The molecule has 0 bridgehead atoms. The fourth-order valence-electron chi connectivity index (χ4n) is 7.09. The molecule has 4 nitrogen and oxygen atoms in total. The van der Waals surface area contributed by atoms with Gasteiger partial charge in [0.25, 0.3) is 0 Å². The summed E-state index contributed by atoms with van der Waals surface area (Å²) in [4.78, 5) is 15.3. The fourth-order valence-corrected chi connectivity index (χ4v) is 7.09. The van der Waals surface area contributed by atoms with E-state index in [9.17, 15) is 0 Å². The van der Waals surface area contributed by atoms with E-state index in [1.807, 2.05) is 36.4 Å². The first-order valence-electron chi connectivity index (χ1n) is 16.4. The highest BCUT2D eigenvalue weighted by Gasteiger charge is 2.18. The standard InChI is InChI=1S/C45H27N3O/c1-2-9-28(10-3-1)29-17-19-31(20-18-29)43-46-44(48-45(47-43)40-15-8-14-39-38-13-6-7-16-41(38)49-42(39)40)33-23-24-35-32(27-33)22-26-36-34-12-5-4-11-30(34)21-25-37(35)36/h1-27H. The molecule has 0 radical (unpaired) electrons. The van der Waals surface area contributed by atoms with Crippen molar-refractivity contribution in [3.05, 3.63) is 164 Å². The van der Waals surface area contributed by atoms with Gasteiger partial charge in [-0.2, -0.15) is 0 Å². The van der Waals surface area contributed by atoms with Crippen molar-refractivity contribution in [3.8, 4) is 45.3 Å². The Hall–Kier alpha value is -6.65. The number of hydrogen-bond acceptors (Lipinski definition) is 4. The van der Waals surface area contributed by atoms with Gasteiger partial charge in [0.05, 0.1) is 5.56 Å². The van der Waals surface area contributed by atoms with Gasteiger partial charge in [0.15, 0.2) is 17.5 Å². The summed E-state index contributed by atoms with van der Waals surface area (Å²) in [7, 11) is 0. The van der Waals surface area contributed by atoms with Crippen LogP contribution in [0.15, 0.2) is 168 Å². The molecule has 0 fully saturated rings. The van der Waals surface area contributed by atoms with Crippen LogP contribution in [0.5, 0.6) is 0 Å². The highest BCUT2D eigenvalue weighted by molar-refractivity contribution is 6.17. The van der Waals surface area contributed by atoms with Gasteiger partial charge in [0.2, 0.25) is 0 Å². The Labute approximate surface area is 282 Å². The number of aromatic nitrogens is 3. The predicted molar refractivity (Wildman–Crippen MR) is 201 cm³/mol. The van der Waals surface area contributed by atoms with Crippen LogP contribution >= 0.6 is 0 Å². The Morgan fingerprint density at radius 1 is 0.327 bits per heavy atom. The molecular formula is C45H27N3O. The largest absolute Gasteiger partial charge is 0.455 e. The van der Waals surface area contributed by atoms with E-state index in [-0.39, 0.29) is 0 Å². The summed E-state index contributed by atoms with van der Waals surface area (Å²) in [6.07, 6.45) is 0. The Bertz CT molecular complexity index is 2870. The molecular weight excluding hydrogens is 599 g/mol. The van der Waals surface area contributed by atoms with Crippen LogP contribution in [0.1, 0.15) is 0 Å². The first-order chi connectivity index (χ1) is 24.3. The lowest BCUT2D eigenvalue weighted by Gasteiger charge is -2.11. The number of rotatable bonds is 4. The summed E-state index contributed by atoms with van der Waals surface area (Å²) in [5.41, 5.74) is 6.59. The molecule has 8 aromatic carbocycles. The first kappa shape index (κ1) is 27.5. The van der Waals surface area contributed by atoms with Gasteiger partial charge in [-0.3, -0.25) is 0 Å². The van der Waals surface area contributed by atoms with E-state index in [0.29, 0.717) is 17.5 Å². The SMILES string of the molecule is c1ccc(-c2ccc(-c3nc(-c4ccc5c(ccc6c7ccccc7ccc56)c4)nc(-c4cccc5c4oc4ccccc45)n3)cc2)cc1. The van der Waals surface area contributed by atoms with E-state index < -0.39 is 0 Å². The lowest BCUT2D eigenvalue weighted by Crippen LogP contribution is -2.00. The zero-order valence-corrected chi connectivity index (χ0v) is 26.3. The molecule has 0 unspecified atom stereocenters. The molecule has 10 aromatic rings. The Balaban J connectivity index is 1.16. The third-order valence-electron chi connectivity index (χ3n) is 9.53. The van der Waals surface area contributed by atoms with E-state index in [1.54, 1.807) is 0 Å². The molecule has 10 rings (SSSR count). The minimum Gasteiger partial charge on any atom is -0.455 e. The molecule has 0 aliphatic rings. The minimum absolute atomic E-state index is 0.571. The molecule has 0 saturated carbocycles. The van der Waals surface area contributed by atoms with Gasteiger partial charge in [-0.05, 0) is 61.6 Å². The lowest BCUT2D eigenvalue weighted by molar-refractivity contribution is 0.669. The number of nitrogens with zero attached hydrogens (tertiary/aromatic N) is 3. The van der Waals surface area contributed by atoms with Crippen LogP contribution in [0.25, 0.3) is 99.5 Å². The monoisotopic (exact) mass is 625 g/mol. The molecule has 0 N–H and O–H groups in total. The Morgan fingerprint density at radius 2 is 0.898 bits per heavy atom. The number of hydrogen-bond donors (Lipinski definition) is 0. The maximum Gasteiger partial charge on any atom is 0.167 e. The zero-order chi connectivity index (χ0) is 32.3. The Morgan fingerprint density at radius 3 is 1.73 bits per heavy atom. The molecule has 2 aromatic heterocycles. The molecule has 0 spiro atoms. The van der Waals surface area contributed by atoms with E-state index in [4.69, 9.17) is 19.4 Å². The van der Waals surface area contributed by atoms with Gasteiger partial charge in [-0.1, -0.05) is 146 Å². The molecule has 2 heterocycles. The molecule has 0 saturated heterocycles.